The fourth-order valence-electron chi connectivity index (χ4n) is 3.55. The lowest BCUT2D eigenvalue weighted by Crippen LogP contribution is -2.37. The largest absolute Gasteiger partial charge is 0.356 e. The van der Waals surface area contributed by atoms with E-state index < -0.39 is 0 Å². The van der Waals surface area contributed by atoms with Crippen molar-refractivity contribution in [2.75, 3.05) is 20.1 Å². The lowest BCUT2D eigenvalue weighted by Gasteiger charge is -2.16. The molecule has 2 aromatic rings. The molecule has 1 fully saturated rings. The van der Waals surface area contributed by atoms with Gasteiger partial charge in [0.05, 0.1) is 0 Å². The van der Waals surface area contributed by atoms with Crippen LogP contribution in [0.2, 0.25) is 10.0 Å². The van der Waals surface area contributed by atoms with Gasteiger partial charge >= 0.3 is 0 Å². The number of carbonyl (C=O) groups is 1. The van der Waals surface area contributed by atoms with Gasteiger partial charge in [0.2, 0.25) is 5.91 Å². The third-order valence-electron chi connectivity index (χ3n) is 5.15. The molecule has 1 aliphatic rings. The minimum absolute atomic E-state index is 0.253. The molecule has 0 saturated carbocycles. The molecule has 7 heteroatoms. The number of halogens is 2. The minimum atomic E-state index is 0.253. The summed E-state index contributed by atoms with van der Waals surface area (Å²) in [5, 5.41) is 8.05. The Hall–Kier alpha value is -2.24. The smallest absolute Gasteiger partial charge is 0.222 e. The molecule has 0 unspecified atom stereocenters. The van der Waals surface area contributed by atoms with Crippen LogP contribution in [0.5, 0.6) is 0 Å². The van der Waals surface area contributed by atoms with E-state index in [9.17, 15) is 4.79 Å². The summed E-state index contributed by atoms with van der Waals surface area (Å²) >= 11 is 12.2. The van der Waals surface area contributed by atoms with Gasteiger partial charge in [0, 0.05) is 49.7 Å². The highest BCUT2D eigenvalue weighted by molar-refractivity contribution is 6.35. The maximum absolute atomic E-state index is 11.8. The molecule has 1 heterocycles. The van der Waals surface area contributed by atoms with Gasteiger partial charge in [-0.2, -0.15) is 0 Å². The Morgan fingerprint density at radius 2 is 1.97 bits per heavy atom. The van der Waals surface area contributed by atoms with Gasteiger partial charge in [-0.1, -0.05) is 53.5 Å². The Balaban J connectivity index is 1.42. The van der Waals surface area contributed by atoms with Gasteiger partial charge in [-0.15, -0.1) is 0 Å². The lowest BCUT2D eigenvalue weighted by molar-refractivity contribution is -0.128. The highest BCUT2D eigenvalue weighted by Crippen LogP contribution is 2.22. The van der Waals surface area contributed by atoms with E-state index in [1.165, 1.54) is 0 Å². The molecule has 0 radical (unpaired) electrons. The average molecular weight is 447 g/mol. The molecule has 0 bridgehead atoms. The van der Waals surface area contributed by atoms with Crippen LogP contribution >= 0.6 is 23.2 Å². The number of nitrogens with zero attached hydrogens (tertiary/aromatic N) is 2. The zero-order valence-corrected chi connectivity index (χ0v) is 18.8. The van der Waals surface area contributed by atoms with Gasteiger partial charge in [0.1, 0.15) is 0 Å². The quantitative estimate of drug-likeness (QED) is 0.358. The van der Waals surface area contributed by atoms with Crippen molar-refractivity contribution in [3.8, 4) is 0 Å². The second-order valence-electron chi connectivity index (χ2n) is 7.43. The molecule has 2 N–H and O–H groups in total. The zero-order chi connectivity index (χ0) is 21.3. The second kappa shape index (κ2) is 11.2. The maximum atomic E-state index is 11.8. The predicted molar refractivity (Wildman–Crippen MR) is 124 cm³/mol. The monoisotopic (exact) mass is 446 g/mol. The maximum Gasteiger partial charge on any atom is 0.222 e. The molecule has 5 nitrogen and oxygen atoms in total. The molecule has 1 aliphatic heterocycles. The molecule has 30 heavy (non-hydrogen) atoms. The van der Waals surface area contributed by atoms with Crippen molar-refractivity contribution >= 4 is 35.1 Å². The molecule has 0 aromatic heterocycles. The molecule has 1 saturated heterocycles. The van der Waals surface area contributed by atoms with E-state index in [4.69, 9.17) is 23.2 Å². The first-order valence-corrected chi connectivity index (χ1v) is 11.0. The van der Waals surface area contributed by atoms with E-state index in [1.807, 2.05) is 23.1 Å². The number of likely N-dealkylation sites (tertiary alicyclic amines) is 1. The van der Waals surface area contributed by atoms with Gasteiger partial charge < -0.3 is 15.5 Å². The van der Waals surface area contributed by atoms with E-state index in [0.29, 0.717) is 29.6 Å². The molecule has 3 rings (SSSR count). The van der Waals surface area contributed by atoms with Crippen LogP contribution in [0, 0.1) is 0 Å². The highest BCUT2D eigenvalue weighted by atomic mass is 35.5. The SMILES string of the molecule is CN=C(NCCCc1ccc(Cl)cc1Cl)NCc1cccc(CN2CCCC2=O)c1. The van der Waals surface area contributed by atoms with Crippen molar-refractivity contribution in [2.45, 2.75) is 38.8 Å². The van der Waals surface area contributed by atoms with E-state index in [-0.39, 0.29) is 5.91 Å². The van der Waals surface area contributed by atoms with E-state index >= 15 is 0 Å². The fourth-order valence-corrected chi connectivity index (χ4v) is 4.05. The van der Waals surface area contributed by atoms with Crippen LogP contribution in [-0.2, 0) is 24.3 Å². The van der Waals surface area contributed by atoms with E-state index in [2.05, 4.69) is 33.8 Å². The number of aliphatic imine (C=N–C) groups is 1. The summed E-state index contributed by atoms with van der Waals surface area (Å²) in [7, 11) is 1.76. The summed E-state index contributed by atoms with van der Waals surface area (Å²) < 4.78 is 0. The van der Waals surface area contributed by atoms with Crippen LogP contribution in [0.1, 0.15) is 36.0 Å². The number of nitrogens with one attached hydrogen (secondary N) is 2. The van der Waals surface area contributed by atoms with Crippen LogP contribution in [0.4, 0.5) is 0 Å². The van der Waals surface area contributed by atoms with Crippen molar-refractivity contribution in [1.82, 2.24) is 15.5 Å². The van der Waals surface area contributed by atoms with Crippen LogP contribution in [0.25, 0.3) is 0 Å². The summed E-state index contributed by atoms with van der Waals surface area (Å²) in [6, 6.07) is 14.0. The lowest BCUT2D eigenvalue weighted by atomic mass is 10.1. The molecular formula is C23H28Cl2N4O. The molecule has 1 amide bonds. The Bertz CT molecular complexity index is 901. The summed E-state index contributed by atoms with van der Waals surface area (Å²) in [6.45, 7) is 3.01. The Labute approximate surface area is 188 Å². The van der Waals surface area contributed by atoms with E-state index in [1.54, 1.807) is 13.1 Å². The van der Waals surface area contributed by atoms with Gasteiger partial charge in [0.25, 0.3) is 0 Å². The van der Waals surface area contributed by atoms with Crippen LogP contribution in [0.3, 0.4) is 0 Å². The van der Waals surface area contributed by atoms with Gasteiger partial charge in [-0.25, -0.2) is 0 Å². The molecule has 0 atom stereocenters. The topological polar surface area (TPSA) is 56.7 Å². The third-order valence-corrected chi connectivity index (χ3v) is 5.74. The summed E-state index contributed by atoms with van der Waals surface area (Å²) in [5.74, 6) is 1.01. The normalized spacial score (nSPS) is 14.3. The van der Waals surface area contributed by atoms with Crippen LogP contribution in [0.15, 0.2) is 47.5 Å². The van der Waals surface area contributed by atoms with E-state index in [0.717, 1.165) is 55.0 Å². The fraction of sp³-hybridized carbons (Fsp3) is 0.391. The number of carbonyl (C=O) groups excluding carboxylic acids is 1. The summed E-state index contributed by atoms with van der Waals surface area (Å²) in [6.07, 6.45) is 3.44. The second-order valence-corrected chi connectivity index (χ2v) is 8.27. The first-order chi connectivity index (χ1) is 14.5. The Kier molecular flexibility index (Phi) is 8.40. The average Bonchev–Trinajstić information content (AvgIpc) is 3.13. The summed E-state index contributed by atoms with van der Waals surface area (Å²) in [4.78, 5) is 18.1. The van der Waals surface area contributed by atoms with Gasteiger partial charge in [0.15, 0.2) is 5.96 Å². The first-order valence-electron chi connectivity index (χ1n) is 10.3. The predicted octanol–water partition coefficient (Wildman–Crippen LogP) is 4.41. The molecule has 160 valence electrons. The molecule has 0 aliphatic carbocycles. The minimum Gasteiger partial charge on any atom is -0.356 e. The van der Waals surface area contributed by atoms with Gasteiger partial charge in [-0.05, 0) is 48.1 Å². The zero-order valence-electron chi connectivity index (χ0n) is 17.3. The van der Waals surface area contributed by atoms with Crippen molar-refractivity contribution < 1.29 is 4.79 Å². The Morgan fingerprint density at radius 3 is 2.70 bits per heavy atom. The van der Waals surface area contributed by atoms with Crippen LogP contribution in [-0.4, -0.2) is 36.9 Å². The number of hydrogen-bond donors (Lipinski definition) is 2. The number of aryl methyl sites for hydroxylation is 1. The van der Waals surface area contributed by atoms with Crippen LogP contribution < -0.4 is 10.6 Å². The van der Waals surface area contributed by atoms with Crippen molar-refractivity contribution in [1.29, 1.82) is 0 Å². The highest BCUT2D eigenvalue weighted by Gasteiger charge is 2.19. The van der Waals surface area contributed by atoms with Gasteiger partial charge in [-0.3, -0.25) is 9.79 Å². The number of benzene rings is 2. The molecule has 2 aromatic carbocycles. The van der Waals surface area contributed by atoms with Crippen molar-refractivity contribution in [2.24, 2.45) is 4.99 Å². The number of rotatable bonds is 8. The number of hydrogen-bond acceptors (Lipinski definition) is 2. The Morgan fingerprint density at radius 1 is 1.13 bits per heavy atom. The number of amides is 1. The third kappa shape index (κ3) is 6.64. The molecular weight excluding hydrogens is 419 g/mol. The number of guanidine groups is 1. The standard InChI is InChI=1S/C23H28Cl2N4O/c1-26-23(27-11-3-7-19-9-10-20(24)14-21(19)25)28-15-17-5-2-6-18(13-17)16-29-12-4-8-22(29)30/h2,5-6,9-10,13-14H,3-4,7-8,11-12,15-16H2,1H3,(H2,26,27,28). The molecule has 0 spiro atoms. The van der Waals surface area contributed by atoms with Crippen molar-refractivity contribution in [3.63, 3.8) is 0 Å². The first kappa shape index (κ1) is 22.4. The summed E-state index contributed by atoms with van der Waals surface area (Å²) in [5.41, 5.74) is 3.42. The van der Waals surface area contributed by atoms with Crippen molar-refractivity contribution in [3.05, 3.63) is 69.2 Å².